The standard InChI is InChI=1S/C13H16F3NO4S/c1-7(18)22-4-3-10(19)11(20)9-5-8(13(14,15)16)6-17-12(9)21-2/h5-6,10-11,19-20H,3-4H2,1-2H3. The fourth-order valence-corrected chi connectivity index (χ4v) is 2.34. The van der Waals surface area contributed by atoms with Gasteiger partial charge in [-0.05, 0) is 12.5 Å². The van der Waals surface area contributed by atoms with Crippen molar-refractivity contribution in [2.45, 2.75) is 31.7 Å². The number of carbonyl (C=O) groups is 1. The lowest BCUT2D eigenvalue weighted by Gasteiger charge is -2.20. The highest BCUT2D eigenvalue weighted by Gasteiger charge is 2.33. The zero-order chi connectivity index (χ0) is 16.9. The molecule has 0 saturated carbocycles. The molecule has 1 aromatic rings. The van der Waals surface area contributed by atoms with Crippen molar-refractivity contribution in [3.8, 4) is 5.88 Å². The summed E-state index contributed by atoms with van der Waals surface area (Å²) in [5.41, 5.74) is -1.30. The lowest BCUT2D eigenvalue weighted by atomic mass is 10.0. The number of ether oxygens (including phenoxy) is 1. The van der Waals surface area contributed by atoms with Gasteiger partial charge in [-0.2, -0.15) is 13.2 Å². The third-order valence-electron chi connectivity index (χ3n) is 2.80. The molecular weight excluding hydrogens is 323 g/mol. The molecule has 0 fully saturated rings. The Morgan fingerprint density at radius 3 is 2.59 bits per heavy atom. The number of nitrogens with zero attached hydrogens (tertiary/aromatic N) is 1. The van der Waals surface area contributed by atoms with Crippen LogP contribution in [0.1, 0.15) is 30.6 Å². The average molecular weight is 339 g/mol. The molecule has 124 valence electrons. The molecule has 22 heavy (non-hydrogen) atoms. The summed E-state index contributed by atoms with van der Waals surface area (Å²) < 4.78 is 42.9. The predicted octanol–water partition coefficient (Wildman–Crippen LogP) is 2.17. The van der Waals surface area contributed by atoms with Crippen molar-refractivity contribution in [3.63, 3.8) is 0 Å². The van der Waals surface area contributed by atoms with Crippen LogP contribution in [-0.4, -0.2) is 39.3 Å². The first-order valence-electron chi connectivity index (χ1n) is 6.27. The summed E-state index contributed by atoms with van der Waals surface area (Å²) in [4.78, 5) is 14.3. The van der Waals surface area contributed by atoms with Crippen LogP contribution in [0.3, 0.4) is 0 Å². The van der Waals surface area contributed by atoms with Crippen molar-refractivity contribution >= 4 is 16.9 Å². The molecule has 9 heteroatoms. The molecule has 2 unspecified atom stereocenters. The van der Waals surface area contributed by atoms with E-state index in [9.17, 15) is 28.2 Å². The first kappa shape index (κ1) is 18.7. The molecule has 0 bridgehead atoms. The second-order valence-electron chi connectivity index (χ2n) is 4.46. The van der Waals surface area contributed by atoms with Gasteiger partial charge in [0.2, 0.25) is 5.88 Å². The molecule has 0 aliphatic heterocycles. The summed E-state index contributed by atoms with van der Waals surface area (Å²) in [5, 5.41) is 19.7. The number of hydrogen-bond donors (Lipinski definition) is 2. The topological polar surface area (TPSA) is 79.7 Å². The van der Waals surface area contributed by atoms with E-state index in [4.69, 9.17) is 4.74 Å². The lowest BCUT2D eigenvalue weighted by Crippen LogP contribution is -2.21. The van der Waals surface area contributed by atoms with E-state index in [1.165, 1.54) is 14.0 Å². The van der Waals surface area contributed by atoms with Crippen LogP contribution in [0.4, 0.5) is 13.2 Å². The van der Waals surface area contributed by atoms with Crippen molar-refractivity contribution in [1.82, 2.24) is 4.98 Å². The Labute approximate surface area is 129 Å². The summed E-state index contributed by atoms with van der Waals surface area (Å²) in [5.74, 6) is 0.0428. The molecule has 0 aromatic carbocycles. The monoisotopic (exact) mass is 339 g/mol. The van der Waals surface area contributed by atoms with E-state index in [-0.39, 0.29) is 28.7 Å². The first-order valence-corrected chi connectivity index (χ1v) is 7.26. The summed E-state index contributed by atoms with van der Waals surface area (Å²) >= 11 is 0.953. The number of methoxy groups -OCH3 is 1. The van der Waals surface area contributed by atoms with Gasteiger partial charge in [0.25, 0.3) is 0 Å². The minimum atomic E-state index is -4.62. The van der Waals surface area contributed by atoms with Crippen LogP contribution in [0.5, 0.6) is 5.88 Å². The third-order valence-corrected chi connectivity index (χ3v) is 3.65. The van der Waals surface area contributed by atoms with E-state index < -0.39 is 23.9 Å². The Morgan fingerprint density at radius 1 is 1.45 bits per heavy atom. The molecule has 0 spiro atoms. The van der Waals surface area contributed by atoms with Gasteiger partial charge in [-0.25, -0.2) is 4.98 Å². The van der Waals surface area contributed by atoms with Gasteiger partial charge < -0.3 is 14.9 Å². The molecule has 0 saturated heterocycles. The predicted molar refractivity (Wildman–Crippen MR) is 74.5 cm³/mol. The maximum Gasteiger partial charge on any atom is 0.417 e. The molecule has 1 heterocycles. The number of thioether (sulfide) groups is 1. The van der Waals surface area contributed by atoms with Gasteiger partial charge in [0.05, 0.1) is 18.8 Å². The normalized spacial score (nSPS) is 14.5. The maximum atomic E-state index is 12.7. The van der Waals surface area contributed by atoms with E-state index in [1.807, 2.05) is 0 Å². The van der Waals surface area contributed by atoms with Crippen molar-refractivity contribution in [1.29, 1.82) is 0 Å². The number of aliphatic hydroxyl groups excluding tert-OH is 2. The van der Waals surface area contributed by atoms with Crippen LogP contribution >= 0.6 is 11.8 Å². The highest BCUT2D eigenvalue weighted by molar-refractivity contribution is 8.13. The van der Waals surface area contributed by atoms with E-state index in [1.54, 1.807) is 0 Å². The summed E-state index contributed by atoms with van der Waals surface area (Å²) in [6, 6.07) is 0.692. The Hall–Kier alpha value is -1.32. The van der Waals surface area contributed by atoms with Gasteiger partial charge in [0, 0.05) is 24.4 Å². The lowest BCUT2D eigenvalue weighted by molar-refractivity contribution is -0.138. The number of hydrogen-bond acceptors (Lipinski definition) is 6. The zero-order valence-electron chi connectivity index (χ0n) is 11.9. The van der Waals surface area contributed by atoms with Crippen molar-refractivity contribution in [2.24, 2.45) is 0 Å². The first-order chi connectivity index (χ1) is 10.2. The fourth-order valence-electron chi connectivity index (χ4n) is 1.70. The number of alkyl halides is 3. The maximum absolute atomic E-state index is 12.7. The number of halogens is 3. The highest BCUT2D eigenvalue weighted by atomic mass is 32.2. The highest BCUT2D eigenvalue weighted by Crippen LogP contribution is 2.34. The molecule has 0 aliphatic rings. The zero-order valence-corrected chi connectivity index (χ0v) is 12.7. The van der Waals surface area contributed by atoms with Crippen molar-refractivity contribution < 1.29 is 32.9 Å². The Morgan fingerprint density at radius 2 is 2.09 bits per heavy atom. The molecule has 1 aromatic heterocycles. The largest absolute Gasteiger partial charge is 0.481 e. The van der Waals surface area contributed by atoms with Crippen LogP contribution in [0.25, 0.3) is 0 Å². The van der Waals surface area contributed by atoms with Gasteiger partial charge in [-0.1, -0.05) is 11.8 Å². The molecule has 0 amide bonds. The average Bonchev–Trinajstić information content (AvgIpc) is 2.44. The summed E-state index contributed by atoms with van der Waals surface area (Å²) in [7, 11) is 1.20. The number of pyridine rings is 1. The molecule has 0 radical (unpaired) electrons. The number of aliphatic hydroxyl groups is 2. The van der Waals surface area contributed by atoms with Crippen LogP contribution in [0.15, 0.2) is 12.3 Å². The Kier molecular flexibility index (Phi) is 6.64. The van der Waals surface area contributed by atoms with Crippen LogP contribution in [-0.2, 0) is 11.0 Å². The number of aromatic nitrogens is 1. The van der Waals surface area contributed by atoms with E-state index in [2.05, 4.69) is 4.98 Å². The van der Waals surface area contributed by atoms with Gasteiger partial charge >= 0.3 is 6.18 Å². The van der Waals surface area contributed by atoms with Crippen LogP contribution < -0.4 is 4.74 Å². The van der Waals surface area contributed by atoms with E-state index in [0.717, 1.165) is 11.8 Å². The minimum absolute atomic E-state index is 0.0326. The van der Waals surface area contributed by atoms with E-state index >= 15 is 0 Å². The molecular formula is C13H16F3NO4S. The molecule has 2 atom stereocenters. The second-order valence-corrected chi connectivity index (χ2v) is 5.73. The minimum Gasteiger partial charge on any atom is -0.481 e. The summed E-state index contributed by atoms with van der Waals surface area (Å²) in [6.45, 7) is 1.35. The van der Waals surface area contributed by atoms with E-state index in [0.29, 0.717) is 12.3 Å². The molecule has 1 rings (SSSR count). The van der Waals surface area contributed by atoms with Crippen molar-refractivity contribution in [2.75, 3.05) is 12.9 Å². The van der Waals surface area contributed by atoms with Gasteiger partial charge in [-0.3, -0.25) is 4.79 Å². The quantitative estimate of drug-likeness (QED) is 0.827. The van der Waals surface area contributed by atoms with Gasteiger partial charge in [0.1, 0.15) is 6.10 Å². The van der Waals surface area contributed by atoms with Gasteiger partial charge in [-0.15, -0.1) is 0 Å². The Bertz CT molecular complexity index is 524. The van der Waals surface area contributed by atoms with Crippen molar-refractivity contribution in [3.05, 3.63) is 23.4 Å². The van der Waals surface area contributed by atoms with Crippen LogP contribution in [0.2, 0.25) is 0 Å². The Balaban J connectivity index is 2.94. The number of carbonyl (C=O) groups excluding carboxylic acids is 1. The SMILES string of the molecule is COc1ncc(C(F)(F)F)cc1C(O)C(O)CCSC(C)=O. The summed E-state index contributed by atoms with van der Waals surface area (Å²) in [6.07, 6.45) is -6.94. The number of rotatable bonds is 6. The molecule has 2 N–H and O–H groups in total. The smallest absolute Gasteiger partial charge is 0.417 e. The molecule has 5 nitrogen and oxygen atoms in total. The fraction of sp³-hybridized carbons (Fsp3) is 0.538. The second kappa shape index (κ2) is 7.80. The molecule has 0 aliphatic carbocycles. The van der Waals surface area contributed by atoms with Gasteiger partial charge in [0.15, 0.2) is 5.12 Å². The third kappa shape index (κ3) is 5.15. The van der Waals surface area contributed by atoms with Crippen LogP contribution in [0, 0.1) is 0 Å².